The molecule has 1 heterocycles. The Balaban J connectivity index is 2.67. The van der Waals surface area contributed by atoms with E-state index >= 15 is 0 Å². The van der Waals surface area contributed by atoms with Gasteiger partial charge in [-0.25, -0.2) is 4.79 Å². The third-order valence-electron chi connectivity index (χ3n) is 3.28. The lowest BCUT2D eigenvalue weighted by molar-refractivity contribution is -0.128. The molecule has 0 radical (unpaired) electrons. The molecule has 0 unspecified atom stereocenters. The quantitative estimate of drug-likeness (QED) is 0.753. The molecule has 116 valence electrons. The average Bonchev–Trinajstić information content (AvgIpc) is 2.36. The molecule has 0 bridgehead atoms. The molecule has 0 aromatic rings. The SMILES string of the molecule is CN(C[C@@H]1CCCCN1C(=O)OC(C)(C)C)C(=O)CCl. The Morgan fingerprint density at radius 1 is 1.35 bits per heavy atom. The van der Waals surface area contributed by atoms with E-state index in [4.69, 9.17) is 16.3 Å². The molecular weight excluding hydrogens is 280 g/mol. The smallest absolute Gasteiger partial charge is 0.410 e. The molecule has 0 spiro atoms. The van der Waals surface area contributed by atoms with Gasteiger partial charge in [0.2, 0.25) is 5.91 Å². The first-order chi connectivity index (χ1) is 9.24. The Bertz CT molecular complexity index is 355. The van der Waals surface area contributed by atoms with Crippen molar-refractivity contribution in [2.75, 3.05) is 26.0 Å². The van der Waals surface area contributed by atoms with Gasteiger partial charge in [0.15, 0.2) is 0 Å². The number of rotatable bonds is 3. The summed E-state index contributed by atoms with van der Waals surface area (Å²) in [5.74, 6) is -0.156. The highest BCUT2D eigenvalue weighted by atomic mass is 35.5. The lowest BCUT2D eigenvalue weighted by atomic mass is 10.0. The Morgan fingerprint density at radius 2 is 2.00 bits per heavy atom. The van der Waals surface area contributed by atoms with Crippen LogP contribution in [0.15, 0.2) is 0 Å². The molecule has 6 heteroatoms. The van der Waals surface area contributed by atoms with Gasteiger partial charge in [-0.15, -0.1) is 11.6 Å². The molecule has 1 rings (SSSR count). The number of halogens is 1. The van der Waals surface area contributed by atoms with Crippen molar-refractivity contribution in [2.24, 2.45) is 0 Å². The first-order valence-electron chi connectivity index (χ1n) is 7.04. The maximum Gasteiger partial charge on any atom is 0.410 e. The van der Waals surface area contributed by atoms with Crippen molar-refractivity contribution in [1.82, 2.24) is 9.80 Å². The highest BCUT2D eigenvalue weighted by Gasteiger charge is 2.31. The Morgan fingerprint density at radius 3 is 2.55 bits per heavy atom. The van der Waals surface area contributed by atoms with Gasteiger partial charge >= 0.3 is 6.09 Å². The summed E-state index contributed by atoms with van der Waals surface area (Å²) < 4.78 is 5.43. The van der Waals surface area contributed by atoms with E-state index in [2.05, 4.69) is 0 Å². The molecule has 0 aliphatic carbocycles. The summed E-state index contributed by atoms with van der Waals surface area (Å²) in [7, 11) is 1.71. The molecule has 5 nitrogen and oxygen atoms in total. The minimum absolute atomic E-state index is 0.00997. The van der Waals surface area contributed by atoms with E-state index in [0.717, 1.165) is 19.3 Å². The molecule has 2 amide bonds. The molecule has 1 fully saturated rings. The molecule has 0 aromatic carbocycles. The molecular formula is C14H25ClN2O3. The van der Waals surface area contributed by atoms with Gasteiger partial charge in [-0.3, -0.25) is 4.79 Å². The van der Waals surface area contributed by atoms with Crippen molar-refractivity contribution in [1.29, 1.82) is 0 Å². The monoisotopic (exact) mass is 304 g/mol. The summed E-state index contributed by atoms with van der Waals surface area (Å²) in [5, 5.41) is 0. The number of hydrogen-bond donors (Lipinski definition) is 0. The number of likely N-dealkylation sites (N-methyl/N-ethyl adjacent to an activating group) is 1. The molecule has 1 aliphatic heterocycles. The van der Waals surface area contributed by atoms with Crippen LogP contribution >= 0.6 is 11.6 Å². The number of likely N-dealkylation sites (tertiary alicyclic amines) is 1. The molecule has 1 saturated heterocycles. The normalized spacial score (nSPS) is 19.6. The van der Waals surface area contributed by atoms with E-state index in [0.29, 0.717) is 13.1 Å². The number of amides is 2. The van der Waals surface area contributed by atoms with Gasteiger partial charge in [0.25, 0.3) is 0 Å². The first kappa shape index (κ1) is 17.1. The van der Waals surface area contributed by atoms with E-state index in [9.17, 15) is 9.59 Å². The fourth-order valence-electron chi connectivity index (χ4n) is 2.27. The van der Waals surface area contributed by atoms with Crippen molar-refractivity contribution in [3.8, 4) is 0 Å². The van der Waals surface area contributed by atoms with Gasteiger partial charge < -0.3 is 14.5 Å². The maximum absolute atomic E-state index is 12.2. The van der Waals surface area contributed by atoms with Crippen LogP contribution in [0.25, 0.3) is 0 Å². The van der Waals surface area contributed by atoms with E-state index in [1.54, 1.807) is 16.8 Å². The van der Waals surface area contributed by atoms with Crippen LogP contribution in [0.2, 0.25) is 0 Å². The zero-order valence-corrected chi connectivity index (χ0v) is 13.6. The fraction of sp³-hybridized carbons (Fsp3) is 0.857. The highest BCUT2D eigenvalue weighted by Crippen LogP contribution is 2.21. The Labute approximate surface area is 126 Å². The van der Waals surface area contributed by atoms with Crippen LogP contribution in [0.3, 0.4) is 0 Å². The molecule has 1 aliphatic rings. The minimum Gasteiger partial charge on any atom is -0.444 e. The highest BCUT2D eigenvalue weighted by molar-refractivity contribution is 6.27. The van der Waals surface area contributed by atoms with Crippen LogP contribution in [0.4, 0.5) is 4.79 Å². The number of piperidine rings is 1. The number of nitrogens with zero attached hydrogens (tertiary/aromatic N) is 2. The second-order valence-electron chi connectivity index (χ2n) is 6.23. The van der Waals surface area contributed by atoms with Gasteiger partial charge in [0.05, 0.1) is 6.04 Å². The lowest BCUT2D eigenvalue weighted by Crippen LogP contribution is -2.51. The summed E-state index contributed by atoms with van der Waals surface area (Å²) in [5.41, 5.74) is -0.503. The predicted molar refractivity (Wildman–Crippen MR) is 78.9 cm³/mol. The molecule has 20 heavy (non-hydrogen) atoms. The summed E-state index contributed by atoms with van der Waals surface area (Å²) in [6, 6.07) is 0.00997. The van der Waals surface area contributed by atoms with Crippen LogP contribution in [-0.4, -0.2) is 59.5 Å². The lowest BCUT2D eigenvalue weighted by Gasteiger charge is -2.38. The van der Waals surface area contributed by atoms with E-state index < -0.39 is 5.60 Å². The number of hydrogen-bond acceptors (Lipinski definition) is 3. The summed E-state index contributed by atoms with van der Waals surface area (Å²) in [6.07, 6.45) is 2.63. The standard InChI is InChI=1S/C14H25ClN2O3/c1-14(2,3)20-13(19)17-8-6-5-7-11(17)10-16(4)12(18)9-15/h11H,5-10H2,1-4H3/t11-/m0/s1. The van der Waals surface area contributed by atoms with Crippen LogP contribution in [0, 0.1) is 0 Å². The zero-order chi connectivity index (χ0) is 15.3. The van der Waals surface area contributed by atoms with Crippen molar-refractivity contribution < 1.29 is 14.3 Å². The van der Waals surface area contributed by atoms with Gasteiger partial charge in [-0.2, -0.15) is 0 Å². The first-order valence-corrected chi connectivity index (χ1v) is 7.57. The van der Waals surface area contributed by atoms with Crippen LogP contribution in [0.5, 0.6) is 0 Å². The van der Waals surface area contributed by atoms with Gasteiger partial charge in [-0.1, -0.05) is 0 Å². The predicted octanol–water partition coefficient (Wildman–Crippen LogP) is 2.47. The van der Waals surface area contributed by atoms with Gasteiger partial charge in [0.1, 0.15) is 11.5 Å². The maximum atomic E-state index is 12.2. The number of alkyl halides is 1. The molecule has 0 saturated carbocycles. The molecule has 1 atom stereocenters. The fourth-order valence-corrected chi connectivity index (χ4v) is 2.48. The van der Waals surface area contributed by atoms with Crippen LogP contribution < -0.4 is 0 Å². The summed E-state index contributed by atoms with van der Waals surface area (Å²) in [4.78, 5) is 27.1. The average molecular weight is 305 g/mol. The minimum atomic E-state index is -0.503. The zero-order valence-electron chi connectivity index (χ0n) is 12.8. The second-order valence-corrected chi connectivity index (χ2v) is 6.50. The second kappa shape index (κ2) is 7.16. The van der Waals surface area contributed by atoms with Crippen LogP contribution in [-0.2, 0) is 9.53 Å². The van der Waals surface area contributed by atoms with Gasteiger partial charge in [0, 0.05) is 20.1 Å². The molecule has 0 aromatic heterocycles. The van der Waals surface area contributed by atoms with Crippen molar-refractivity contribution in [3.05, 3.63) is 0 Å². The van der Waals surface area contributed by atoms with Gasteiger partial charge in [-0.05, 0) is 40.0 Å². The number of carbonyl (C=O) groups is 2. The Hall–Kier alpha value is -0.970. The number of ether oxygens (including phenoxy) is 1. The van der Waals surface area contributed by atoms with Crippen molar-refractivity contribution >= 4 is 23.6 Å². The van der Waals surface area contributed by atoms with Crippen LogP contribution in [0.1, 0.15) is 40.0 Å². The number of carbonyl (C=O) groups excluding carboxylic acids is 2. The largest absolute Gasteiger partial charge is 0.444 e. The van der Waals surface area contributed by atoms with E-state index in [-0.39, 0.29) is 23.9 Å². The third-order valence-corrected chi connectivity index (χ3v) is 3.51. The summed E-state index contributed by atoms with van der Waals surface area (Å²) in [6.45, 7) is 6.75. The topological polar surface area (TPSA) is 49.9 Å². The van der Waals surface area contributed by atoms with E-state index in [1.807, 2.05) is 20.8 Å². The van der Waals surface area contributed by atoms with Crippen molar-refractivity contribution in [2.45, 2.75) is 51.7 Å². The van der Waals surface area contributed by atoms with E-state index in [1.165, 1.54) is 0 Å². The third kappa shape index (κ3) is 5.19. The Kier molecular flexibility index (Phi) is 6.11. The van der Waals surface area contributed by atoms with Crippen molar-refractivity contribution in [3.63, 3.8) is 0 Å². The molecule has 0 N–H and O–H groups in total. The summed E-state index contributed by atoms with van der Waals surface area (Å²) >= 11 is 5.55.